The number of ketones is 1. The zero-order valence-corrected chi connectivity index (χ0v) is 15.0. The second kappa shape index (κ2) is 6.87. The standard InChI is InChI=1S/C21H24O4/c1-4-24-19(23)11-15-10-16(14-8-6-5-7-9-14)20-17(22)12-21(2,3)13-18(20)25-15/h5-10,16H,4,11-13H2,1-3H3/t16-/m1/s1. The minimum absolute atomic E-state index is 0.0859. The molecule has 2 aliphatic rings. The SMILES string of the molecule is CCOC(=O)CC1=C[C@H](c2ccccc2)C2=C(CC(C)(C)CC2=O)O1. The van der Waals surface area contributed by atoms with Crippen molar-refractivity contribution in [2.24, 2.45) is 5.41 Å². The van der Waals surface area contributed by atoms with Gasteiger partial charge in [0.25, 0.3) is 0 Å². The average Bonchev–Trinajstić information content (AvgIpc) is 2.53. The molecule has 0 radical (unpaired) electrons. The third kappa shape index (κ3) is 3.84. The highest BCUT2D eigenvalue weighted by molar-refractivity contribution is 5.99. The van der Waals surface area contributed by atoms with E-state index in [-0.39, 0.29) is 29.5 Å². The lowest BCUT2D eigenvalue weighted by Gasteiger charge is -2.36. The number of benzene rings is 1. The molecule has 4 heteroatoms. The molecule has 0 fully saturated rings. The molecule has 132 valence electrons. The first kappa shape index (κ1) is 17.5. The van der Waals surface area contributed by atoms with Gasteiger partial charge >= 0.3 is 5.97 Å². The molecule has 1 aromatic carbocycles. The molecule has 3 rings (SSSR count). The Morgan fingerprint density at radius 2 is 1.96 bits per heavy atom. The fourth-order valence-electron chi connectivity index (χ4n) is 3.55. The molecule has 0 unspecified atom stereocenters. The summed E-state index contributed by atoms with van der Waals surface area (Å²) < 4.78 is 11.0. The highest BCUT2D eigenvalue weighted by Gasteiger charge is 2.40. The van der Waals surface area contributed by atoms with Crippen LogP contribution in [0.2, 0.25) is 0 Å². The molecule has 0 aromatic heterocycles. The number of rotatable bonds is 4. The van der Waals surface area contributed by atoms with Crippen LogP contribution in [0, 0.1) is 5.41 Å². The molecule has 0 spiro atoms. The summed E-state index contributed by atoms with van der Waals surface area (Å²) in [6.45, 7) is 6.26. The molecule has 0 saturated heterocycles. The zero-order valence-electron chi connectivity index (χ0n) is 15.0. The van der Waals surface area contributed by atoms with Crippen molar-refractivity contribution in [3.8, 4) is 0 Å². The second-order valence-corrected chi connectivity index (χ2v) is 7.38. The fraction of sp³-hybridized carbons (Fsp3) is 0.429. The molecule has 1 aliphatic heterocycles. The smallest absolute Gasteiger partial charge is 0.313 e. The van der Waals surface area contributed by atoms with Gasteiger partial charge in [0.1, 0.15) is 17.9 Å². The van der Waals surface area contributed by atoms with E-state index in [1.165, 1.54) is 0 Å². The highest BCUT2D eigenvalue weighted by atomic mass is 16.5. The summed E-state index contributed by atoms with van der Waals surface area (Å²) in [5.41, 5.74) is 1.63. The number of hydrogen-bond donors (Lipinski definition) is 0. The van der Waals surface area contributed by atoms with Gasteiger partial charge in [-0.1, -0.05) is 44.2 Å². The summed E-state index contributed by atoms with van der Waals surface area (Å²) >= 11 is 0. The monoisotopic (exact) mass is 340 g/mol. The first-order valence-electron chi connectivity index (χ1n) is 8.75. The van der Waals surface area contributed by atoms with Crippen LogP contribution in [0.15, 0.2) is 53.5 Å². The van der Waals surface area contributed by atoms with Gasteiger partial charge in [-0.15, -0.1) is 0 Å². The molecule has 0 N–H and O–H groups in total. The Bertz CT molecular complexity index is 740. The van der Waals surface area contributed by atoms with Crippen LogP contribution < -0.4 is 0 Å². The summed E-state index contributed by atoms with van der Waals surface area (Å²) in [6.07, 6.45) is 3.18. The largest absolute Gasteiger partial charge is 0.466 e. The van der Waals surface area contributed by atoms with E-state index < -0.39 is 0 Å². The van der Waals surface area contributed by atoms with Gasteiger partial charge in [-0.25, -0.2) is 0 Å². The summed E-state index contributed by atoms with van der Waals surface area (Å²) in [6, 6.07) is 9.88. The Labute approximate surface area is 148 Å². The molecule has 1 atom stereocenters. The minimum Gasteiger partial charge on any atom is -0.466 e. The Hall–Kier alpha value is -2.36. The third-order valence-electron chi connectivity index (χ3n) is 4.58. The van der Waals surface area contributed by atoms with Crippen LogP contribution in [0.5, 0.6) is 0 Å². The van der Waals surface area contributed by atoms with E-state index in [0.29, 0.717) is 31.0 Å². The third-order valence-corrected chi connectivity index (χ3v) is 4.58. The molecule has 1 heterocycles. The molecule has 0 bridgehead atoms. The van der Waals surface area contributed by atoms with Gasteiger partial charge < -0.3 is 9.47 Å². The van der Waals surface area contributed by atoms with E-state index in [1.807, 2.05) is 36.4 Å². The Morgan fingerprint density at radius 3 is 2.64 bits per heavy atom. The molecule has 0 saturated carbocycles. The van der Waals surface area contributed by atoms with Crippen molar-refractivity contribution in [2.75, 3.05) is 6.61 Å². The average molecular weight is 340 g/mol. The van der Waals surface area contributed by atoms with Crippen molar-refractivity contribution in [3.05, 3.63) is 59.1 Å². The van der Waals surface area contributed by atoms with Crippen LogP contribution in [-0.4, -0.2) is 18.4 Å². The predicted molar refractivity (Wildman–Crippen MR) is 94.6 cm³/mol. The van der Waals surface area contributed by atoms with Crippen LogP contribution in [0.1, 0.15) is 51.5 Å². The van der Waals surface area contributed by atoms with Crippen molar-refractivity contribution in [3.63, 3.8) is 0 Å². The van der Waals surface area contributed by atoms with E-state index in [4.69, 9.17) is 9.47 Å². The maximum absolute atomic E-state index is 12.8. The normalized spacial score (nSPS) is 22.0. The lowest BCUT2D eigenvalue weighted by atomic mass is 9.71. The van der Waals surface area contributed by atoms with Crippen LogP contribution >= 0.6 is 0 Å². The summed E-state index contributed by atoms with van der Waals surface area (Å²) in [5.74, 6) is 0.920. The Morgan fingerprint density at radius 1 is 1.24 bits per heavy atom. The van der Waals surface area contributed by atoms with Gasteiger partial charge in [-0.05, 0) is 24.0 Å². The van der Waals surface area contributed by atoms with Crippen LogP contribution in [0.3, 0.4) is 0 Å². The van der Waals surface area contributed by atoms with Gasteiger partial charge in [0.15, 0.2) is 5.78 Å². The maximum Gasteiger partial charge on any atom is 0.313 e. The lowest BCUT2D eigenvalue weighted by molar-refractivity contribution is -0.142. The van der Waals surface area contributed by atoms with Crippen LogP contribution in [0.25, 0.3) is 0 Å². The van der Waals surface area contributed by atoms with Gasteiger partial charge in [0.05, 0.1) is 6.61 Å². The number of carbonyl (C=O) groups excluding carboxylic acids is 2. The number of hydrogen-bond acceptors (Lipinski definition) is 4. The van der Waals surface area contributed by atoms with Crippen molar-refractivity contribution >= 4 is 11.8 Å². The molecule has 0 amide bonds. The molecular formula is C21H24O4. The quantitative estimate of drug-likeness (QED) is 0.768. The van der Waals surface area contributed by atoms with Crippen molar-refractivity contribution in [1.82, 2.24) is 0 Å². The van der Waals surface area contributed by atoms with Crippen LogP contribution in [-0.2, 0) is 19.1 Å². The summed E-state index contributed by atoms with van der Waals surface area (Å²) in [5, 5.41) is 0. The second-order valence-electron chi connectivity index (χ2n) is 7.38. The van der Waals surface area contributed by atoms with Gasteiger partial charge in [0, 0.05) is 24.3 Å². The zero-order chi connectivity index (χ0) is 18.0. The number of ether oxygens (including phenoxy) is 2. The molecular weight excluding hydrogens is 316 g/mol. The Balaban J connectivity index is 1.98. The van der Waals surface area contributed by atoms with Crippen molar-refractivity contribution in [2.45, 2.75) is 46.0 Å². The van der Waals surface area contributed by atoms with Gasteiger partial charge in [-0.2, -0.15) is 0 Å². The first-order valence-corrected chi connectivity index (χ1v) is 8.75. The number of Topliss-reactive ketones (excluding diaryl/α,β-unsaturated/α-hetero) is 1. The Kier molecular flexibility index (Phi) is 4.80. The summed E-state index contributed by atoms with van der Waals surface area (Å²) in [4.78, 5) is 24.7. The highest BCUT2D eigenvalue weighted by Crippen LogP contribution is 2.46. The van der Waals surface area contributed by atoms with Gasteiger partial charge in [-0.3, -0.25) is 9.59 Å². The van der Waals surface area contributed by atoms with Crippen LogP contribution in [0.4, 0.5) is 0 Å². The lowest BCUT2D eigenvalue weighted by Crippen LogP contribution is -2.31. The number of esters is 1. The number of allylic oxidation sites excluding steroid dienone is 3. The van der Waals surface area contributed by atoms with E-state index in [1.54, 1.807) is 6.92 Å². The van der Waals surface area contributed by atoms with Gasteiger partial charge in [0.2, 0.25) is 0 Å². The maximum atomic E-state index is 12.8. The molecule has 25 heavy (non-hydrogen) atoms. The van der Waals surface area contributed by atoms with E-state index in [0.717, 1.165) is 11.1 Å². The van der Waals surface area contributed by atoms with Crippen molar-refractivity contribution in [1.29, 1.82) is 0 Å². The van der Waals surface area contributed by atoms with E-state index in [2.05, 4.69) is 13.8 Å². The first-order chi connectivity index (χ1) is 11.9. The molecule has 4 nitrogen and oxygen atoms in total. The fourth-order valence-corrected chi connectivity index (χ4v) is 3.55. The summed E-state index contributed by atoms with van der Waals surface area (Å²) in [7, 11) is 0. The van der Waals surface area contributed by atoms with Crippen molar-refractivity contribution < 1.29 is 19.1 Å². The molecule has 1 aliphatic carbocycles. The van der Waals surface area contributed by atoms with E-state index >= 15 is 0 Å². The molecule has 1 aromatic rings. The topological polar surface area (TPSA) is 52.6 Å². The predicted octanol–water partition coefficient (Wildman–Crippen LogP) is 4.28. The van der Waals surface area contributed by atoms with E-state index in [9.17, 15) is 9.59 Å². The number of carbonyl (C=O) groups is 2. The minimum atomic E-state index is -0.314.